The molecule has 29 heavy (non-hydrogen) atoms. The Morgan fingerprint density at radius 3 is 2.69 bits per heavy atom. The maximum absolute atomic E-state index is 12.8. The zero-order valence-electron chi connectivity index (χ0n) is 17.2. The van der Waals surface area contributed by atoms with Crippen molar-refractivity contribution in [3.05, 3.63) is 17.0 Å². The highest BCUT2D eigenvalue weighted by Crippen LogP contribution is 2.35. The number of nitriles is 1. The molecule has 2 heterocycles. The lowest BCUT2D eigenvalue weighted by Crippen LogP contribution is -2.51. The molecule has 0 unspecified atom stereocenters. The Kier molecular flexibility index (Phi) is 5.91. The van der Waals surface area contributed by atoms with Crippen molar-refractivity contribution in [2.75, 3.05) is 0 Å². The van der Waals surface area contributed by atoms with Gasteiger partial charge in [0.05, 0.1) is 24.7 Å². The molecule has 4 amide bonds. The van der Waals surface area contributed by atoms with E-state index in [1.54, 1.807) is 4.68 Å². The van der Waals surface area contributed by atoms with E-state index < -0.39 is 17.5 Å². The van der Waals surface area contributed by atoms with Gasteiger partial charge in [-0.15, -0.1) is 0 Å². The van der Waals surface area contributed by atoms with Crippen molar-refractivity contribution < 1.29 is 14.4 Å². The molecule has 1 saturated carbocycles. The van der Waals surface area contributed by atoms with Gasteiger partial charge in [-0.2, -0.15) is 15.4 Å². The van der Waals surface area contributed by atoms with E-state index in [0.29, 0.717) is 38.1 Å². The maximum atomic E-state index is 12.8. The summed E-state index contributed by atoms with van der Waals surface area (Å²) in [7, 11) is 0. The molecule has 2 aliphatic rings. The van der Waals surface area contributed by atoms with Crippen LogP contribution in [0.15, 0.2) is 0 Å². The van der Waals surface area contributed by atoms with Crippen molar-refractivity contribution in [1.29, 1.82) is 5.26 Å². The zero-order valence-corrected chi connectivity index (χ0v) is 17.2. The number of aromatic nitrogens is 2. The molecule has 1 saturated heterocycles. The first-order valence-corrected chi connectivity index (χ1v) is 10.1. The predicted molar refractivity (Wildman–Crippen MR) is 104 cm³/mol. The van der Waals surface area contributed by atoms with Gasteiger partial charge in [0.15, 0.2) is 0 Å². The molecular weight excluding hydrogens is 372 g/mol. The Morgan fingerprint density at radius 2 is 2.03 bits per heavy atom. The van der Waals surface area contributed by atoms with Gasteiger partial charge in [-0.05, 0) is 57.4 Å². The van der Waals surface area contributed by atoms with E-state index in [1.807, 2.05) is 13.8 Å². The molecule has 1 aromatic heterocycles. The fourth-order valence-corrected chi connectivity index (χ4v) is 4.20. The minimum atomic E-state index is -0.869. The predicted octanol–water partition coefficient (Wildman–Crippen LogP) is 1.88. The summed E-state index contributed by atoms with van der Waals surface area (Å²) in [5.74, 6) is -0.216. The first kappa shape index (κ1) is 20.8. The molecule has 1 aromatic rings. The van der Waals surface area contributed by atoms with Gasteiger partial charge in [-0.3, -0.25) is 19.7 Å². The molecule has 0 radical (unpaired) electrons. The van der Waals surface area contributed by atoms with E-state index in [0.717, 1.165) is 34.8 Å². The summed E-state index contributed by atoms with van der Waals surface area (Å²) in [4.78, 5) is 37.5. The number of imide groups is 1. The summed E-state index contributed by atoms with van der Waals surface area (Å²) < 4.78 is 1.77. The number of aryl methyl sites for hydroxylation is 2. The van der Waals surface area contributed by atoms with Gasteiger partial charge in [0.25, 0.3) is 5.91 Å². The van der Waals surface area contributed by atoms with Gasteiger partial charge in [0.1, 0.15) is 5.54 Å². The highest BCUT2D eigenvalue weighted by molar-refractivity contribution is 6.08. The van der Waals surface area contributed by atoms with Crippen molar-refractivity contribution in [3.8, 4) is 6.07 Å². The second-order valence-corrected chi connectivity index (χ2v) is 8.15. The van der Waals surface area contributed by atoms with Gasteiger partial charge >= 0.3 is 6.03 Å². The van der Waals surface area contributed by atoms with Crippen LogP contribution in [-0.4, -0.2) is 38.2 Å². The van der Waals surface area contributed by atoms with E-state index in [4.69, 9.17) is 5.26 Å². The van der Waals surface area contributed by atoms with Gasteiger partial charge < -0.3 is 5.32 Å². The van der Waals surface area contributed by atoms with Gasteiger partial charge in [-0.25, -0.2) is 4.79 Å². The Morgan fingerprint density at radius 1 is 1.34 bits per heavy atom. The molecule has 9 nitrogen and oxygen atoms in total. The van der Waals surface area contributed by atoms with Crippen LogP contribution < -0.4 is 10.7 Å². The third-order valence-corrected chi connectivity index (χ3v) is 6.09. The standard InChI is InChI=1S/C20H28N6O3/c1-13-7-9-20(10-8-13)18(28)26(19(29)22-20)24-17(27)6-5-16-14(2)23-25(15(16)3)12-4-11-21/h13H,4-10,12H2,1-3H3,(H,22,29)(H,24,27). The van der Waals surface area contributed by atoms with Crippen molar-refractivity contribution in [2.45, 2.75) is 77.8 Å². The molecule has 1 aliphatic heterocycles. The monoisotopic (exact) mass is 400 g/mol. The summed E-state index contributed by atoms with van der Waals surface area (Å²) in [5.41, 5.74) is 4.30. The number of nitrogens with one attached hydrogen (secondary N) is 2. The molecule has 3 rings (SSSR count). The van der Waals surface area contributed by atoms with E-state index in [9.17, 15) is 14.4 Å². The molecular formula is C20H28N6O3. The Bertz CT molecular complexity index is 860. The molecule has 0 aromatic carbocycles. The van der Waals surface area contributed by atoms with Crippen LogP contribution in [-0.2, 0) is 22.6 Å². The number of urea groups is 1. The number of hydrogen-bond donors (Lipinski definition) is 2. The first-order valence-electron chi connectivity index (χ1n) is 10.1. The largest absolute Gasteiger partial charge is 0.344 e. The van der Waals surface area contributed by atoms with Crippen LogP contribution in [0, 0.1) is 31.1 Å². The zero-order chi connectivity index (χ0) is 21.2. The number of carbonyl (C=O) groups is 3. The average Bonchev–Trinajstić information content (AvgIpc) is 3.08. The number of amides is 4. The minimum Gasteiger partial charge on any atom is -0.322 e. The van der Waals surface area contributed by atoms with Crippen LogP contribution in [0.2, 0.25) is 0 Å². The summed E-state index contributed by atoms with van der Waals surface area (Å²) in [6.45, 7) is 6.43. The van der Waals surface area contributed by atoms with Crippen LogP contribution in [0.4, 0.5) is 4.79 Å². The quantitative estimate of drug-likeness (QED) is 0.707. The smallest absolute Gasteiger partial charge is 0.322 e. The molecule has 1 aliphatic carbocycles. The van der Waals surface area contributed by atoms with Gasteiger partial charge in [0.2, 0.25) is 5.91 Å². The van der Waals surface area contributed by atoms with E-state index in [-0.39, 0.29) is 12.3 Å². The number of hydrazine groups is 1. The van der Waals surface area contributed by atoms with Crippen molar-refractivity contribution >= 4 is 17.8 Å². The molecule has 0 bridgehead atoms. The van der Waals surface area contributed by atoms with Crippen molar-refractivity contribution in [2.24, 2.45) is 5.92 Å². The summed E-state index contributed by atoms with van der Waals surface area (Å²) >= 11 is 0. The van der Waals surface area contributed by atoms with Crippen molar-refractivity contribution in [1.82, 2.24) is 25.5 Å². The fraction of sp³-hybridized carbons (Fsp3) is 0.650. The summed E-state index contributed by atoms with van der Waals surface area (Å²) in [6, 6.07) is 1.54. The number of hydrogen-bond acceptors (Lipinski definition) is 5. The molecule has 9 heteroatoms. The Labute approximate surface area is 170 Å². The highest BCUT2D eigenvalue weighted by atomic mass is 16.2. The molecule has 2 N–H and O–H groups in total. The lowest BCUT2D eigenvalue weighted by molar-refractivity contribution is -0.140. The van der Waals surface area contributed by atoms with Crippen LogP contribution in [0.5, 0.6) is 0 Å². The lowest BCUT2D eigenvalue weighted by atomic mass is 9.77. The second-order valence-electron chi connectivity index (χ2n) is 8.15. The number of rotatable bonds is 6. The molecule has 1 spiro atoms. The van der Waals surface area contributed by atoms with E-state index in [2.05, 4.69) is 28.8 Å². The fourth-order valence-electron chi connectivity index (χ4n) is 4.20. The van der Waals surface area contributed by atoms with Crippen LogP contribution in [0.3, 0.4) is 0 Å². The number of carbonyl (C=O) groups excluding carboxylic acids is 3. The second kappa shape index (κ2) is 8.23. The van der Waals surface area contributed by atoms with Gasteiger partial charge in [-0.1, -0.05) is 6.92 Å². The van der Waals surface area contributed by atoms with Crippen LogP contribution in [0.1, 0.15) is 62.4 Å². The molecule has 2 fully saturated rings. The lowest BCUT2D eigenvalue weighted by Gasteiger charge is -2.33. The van der Waals surface area contributed by atoms with Crippen LogP contribution >= 0.6 is 0 Å². The SMILES string of the molecule is Cc1nn(CCC#N)c(C)c1CCC(=O)NN1C(=O)NC2(CCC(C)CC2)C1=O. The molecule has 0 atom stereocenters. The Hall–Kier alpha value is -2.89. The van der Waals surface area contributed by atoms with E-state index >= 15 is 0 Å². The third-order valence-electron chi connectivity index (χ3n) is 6.09. The maximum Gasteiger partial charge on any atom is 0.344 e. The van der Waals surface area contributed by atoms with Crippen LogP contribution in [0.25, 0.3) is 0 Å². The Balaban J connectivity index is 1.59. The summed E-state index contributed by atoms with van der Waals surface area (Å²) in [5, 5.41) is 16.8. The third kappa shape index (κ3) is 4.11. The van der Waals surface area contributed by atoms with E-state index in [1.165, 1.54) is 0 Å². The first-order chi connectivity index (χ1) is 13.8. The number of nitrogens with zero attached hydrogens (tertiary/aromatic N) is 4. The topological polar surface area (TPSA) is 120 Å². The minimum absolute atomic E-state index is 0.132. The highest BCUT2D eigenvalue weighted by Gasteiger charge is 2.52. The summed E-state index contributed by atoms with van der Waals surface area (Å²) in [6.07, 6.45) is 3.91. The van der Waals surface area contributed by atoms with Crippen molar-refractivity contribution in [3.63, 3.8) is 0 Å². The average molecular weight is 400 g/mol. The molecule has 156 valence electrons. The van der Waals surface area contributed by atoms with Gasteiger partial charge in [0, 0.05) is 12.1 Å². The normalized spacial score (nSPS) is 23.9.